The lowest BCUT2D eigenvalue weighted by Gasteiger charge is -2.12. The van der Waals surface area contributed by atoms with E-state index < -0.39 is 0 Å². The Morgan fingerprint density at radius 3 is 2.79 bits per heavy atom. The Hall–Kier alpha value is -0.600. The molecule has 0 aliphatic rings. The molecule has 1 aromatic carbocycles. The summed E-state index contributed by atoms with van der Waals surface area (Å²) in [4.78, 5) is 0. The molecular weight excluding hydrogens is 201 g/mol. The second-order valence-electron chi connectivity index (χ2n) is 3.35. The van der Waals surface area contributed by atoms with Gasteiger partial charge in [-0.05, 0) is 19.4 Å². The number of rotatable bonds is 5. The van der Waals surface area contributed by atoms with Crippen molar-refractivity contribution in [3.63, 3.8) is 0 Å². The Balaban J connectivity index is 2.41. The van der Waals surface area contributed by atoms with Crippen LogP contribution in [0.25, 0.3) is 0 Å². The summed E-state index contributed by atoms with van der Waals surface area (Å²) in [6.45, 7) is 2.61. The zero-order valence-corrected chi connectivity index (χ0v) is 9.02. The van der Waals surface area contributed by atoms with E-state index in [1.807, 2.05) is 13.0 Å². The Labute approximate surface area is 89.3 Å². The van der Waals surface area contributed by atoms with Gasteiger partial charge in [0.25, 0.3) is 0 Å². The molecule has 3 heteroatoms. The minimum absolute atomic E-state index is 0.155. The fourth-order valence-electron chi connectivity index (χ4n) is 1.19. The smallest absolute Gasteiger partial charge is 0.127 e. The van der Waals surface area contributed by atoms with Gasteiger partial charge in [-0.3, -0.25) is 0 Å². The van der Waals surface area contributed by atoms with Gasteiger partial charge in [-0.15, -0.1) is 11.6 Å². The summed E-state index contributed by atoms with van der Waals surface area (Å²) in [7, 11) is 0. The molecule has 0 spiro atoms. The van der Waals surface area contributed by atoms with E-state index >= 15 is 0 Å². The van der Waals surface area contributed by atoms with Crippen LogP contribution in [0.1, 0.15) is 18.9 Å². The van der Waals surface area contributed by atoms with Crippen LogP contribution in [0, 0.1) is 5.82 Å². The molecule has 0 radical (unpaired) electrons. The fourth-order valence-corrected chi connectivity index (χ4v) is 1.52. The lowest BCUT2D eigenvalue weighted by molar-refractivity contribution is 0.518. The van der Waals surface area contributed by atoms with Crippen molar-refractivity contribution in [3.8, 4) is 0 Å². The van der Waals surface area contributed by atoms with Gasteiger partial charge in [-0.1, -0.05) is 18.2 Å². The fraction of sp³-hybridized carbons (Fsp3) is 0.455. The molecule has 0 aliphatic carbocycles. The minimum Gasteiger partial charge on any atom is -0.310 e. The first kappa shape index (κ1) is 11.5. The van der Waals surface area contributed by atoms with E-state index in [1.165, 1.54) is 6.07 Å². The SMILES string of the molecule is CC(CCCl)NCc1ccccc1F. The molecule has 1 N–H and O–H groups in total. The van der Waals surface area contributed by atoms with Gasteiger partial charge >= 0.3 is 0 Å². The molecule has 0 aliphatic heterocycles. The number of benzene rings is 1. The van der Waals surface area contributed by atoms with Gasteiger partial charge in [0.05, 0.1) is 0 Å². The van der Waals surface area contributed by atoms with Gasteiger partial charge in [0.2, 0.25) is 0 Å². The van der Waals surface area contributed by atoms with Gasteiger partial charge < -0.3 is 5.32 Å². The van der Waals surface area contributed by atoms with Crippen molar-refractivity contribution in [1.29, 1.82) is 0 Å². The van der Waals surface area contributed by atoms with Crippen LogP contribution in [-0.2, 0) is 6.54 Å². The summed E-state index contributed by atoms with van der Waals surface area (Å²) in [5.74, 6) is 0.476. The molecule has 1 rings (SSSR count). The van der Waals surface area contributed by atoms with E-state index in [4.69, 9.17) is 11.6 Å². The van der Waals surface area contributed by atoms with E-state index in [0.29, 0.717) is 24.0 Å². The Morgan fingerprint density at radius 2 is 2.14 bits per heavy atom. The van der Waals surface area contributed by atoms with Gasteiger partial charge in [0.1, 0.15) is 5.82 Å². The van der Waals surface area contributed by atoms with Gasteiger partial charge in [0.15, 0.2) is 0 Å². The highest BCUT2D eigenvalue weighted by atomic mass is 35.5. The third-order valence-electron chi connectivity index (χ3n) is 2.14. The molecule has 1 aromatic rings. The number of halogens is 2. The second kappa shape index (κ2) is 5.99. The van der Waals surface area contributed by atoms with E-state index in [0.717, 1.165) is 6.42 Å². The number of hydrogen-bond donors (Lipinski definition) is 1. The van der Waals surface area contributed by atoms with E-state index in [1.54, 1.807) is 12.1 Å². The molecule has 0 saturated heterocycles. The first-order valence-corrected chi connectivity index (χ1v) is 5.30. The average Bonchev–Trinajstić information content (AvgIpc) is 2.17. The van der Waals surface area contributed by atoms with Crippen LogP contribution in [0.3, 0.4) is 0 Å². The molecule has 0 bridgehead atoms. The quantitative estimate of drug-likeness (QED) is 0.745. The topological polar surface area (TPSA) is 12.0 Å². The van der Waals surface area contributed by atoms with E-state index in [-0.39, 0.29) is 5.82 Å². The molecule has 1 unspecified atom stereocenters. The molecule has 0 aromatic heterocycles. The van der Waals surface area contributed by atoms with Crippen molar-refractivity contribution < 1.29 is 4.39 Å². The molecule has 78 valence electrons. The third kappa shape index (κ3) is 3.64. The Bertz CT molecular complexity index is 278. The molecular formula is C11H15ClFN. The van der Waals surface area contributed by atoms with Crippen molar-refractivity contribution in [2.45, 2.75) is 25.9 Å². The highest BCUT2D eigenvalue weighted by molar-refractivity contribution is 6.17. The minimum atomic E-state index is -0.155. The number of alkyl halides is 1. The zero-order chi connectivity index (χ0) is 10.4. The summed E-state index contributed by atoms with van der Waals surface area (Å²) in [5, 5.41) is 3.22. The van der Waals surface area contributed by atoms with Gasteiger partial charge in [0, 0.05) is 24.0 Å². The summed E-state index contributed by atoms with van der Waals surface area (Å²) < 4.78 is 13.2. The van der Waals surface area contributed by atoms with Crippen LogP contribution in [0.2, 0.25) is 0 Å². The monoisotopic (exact) mass is 215 g/mol. The number of nitrogens with one attached hydrogen (secondary N) is 1. The highest BCUT2D eigenvalue weighted by Gasteiger charge is 2.03. The summed E-state index contributed by atoms with van der Waals surface area (Å²) in [6, 6.07) is 7.12. The van der Waals surface area contributed by atoms with E-state index in [9.17, 15) is 4.39 Å². The zero-order valence-electron chi connectivity index (χ0n) is 8.26. The molecule has 0 fully saturated rings. The van der Waals surface area contributed by atoms with Crippen molar-refractivity contribution in [1.82, 2.24) is 5.32 Å². The predicted octanol–water partition coefficient (Wildman–Crippen LogP) is 2.93. The molecule has 1 atom stereocenters. The molecule has 0 saturated carbocycles. The van der Waals surface area contributed by atoms with Crippen LogP contribution in [0.15, 0.2) is 24.3 Å². The van der Waals surface area contributed by atoms with Crippen molar-refractivity contribution in [2.75, 3.05) is 5.88 Å². The molecule has 0 heterocycles. The summed E-state index contributed by atoms with van der Waals surface area (Å²) >= 11 is 5.60. The average molecular weight is 216 g/mol. The maximum atomic E-state index is 13.2. The van der Waals surface area contributed by atoms with Gasteiger partial charge in [-0.2, -0.15) is 0 Å². The molecule has 1 nitrogen and oxygen atoms in total. The largest absolute Gasteiger partial charge is 0.310 e. The van der Waals surface area contributed by atoms with Crippen LogP contribution < -0.4 is 5.32 Å². The predicted molar refractivity (Wildman–Crippen MR) is 58.0 cm³/mol. The standard InChI is InChI=1S/C11H15ClFN/c1-9(6-7-12)14-8-10-4-2-3-5-11(10)13/h2-5,9,14H,6-8H2,1H3. The van der Waals surface area contributed by atoms with Crippen LogP contribution in [0.4, 0.5) is 4.39 Å². The summed E-state index contributed by atoms with van der Waals surface area (Å²) in [5.41, 5.74) is 0.703. The lowest BCUT2D eigenvalue weighted by atomic mass is 10.2. The van der Waals surface area contributed by atoms with Crippen LogP contribution in [0.5, 0.6) is 0 Å². The van der Waals surface area contributed by atoms with E-state index in [2.05, 4.69) is 5.32 Å². The van der Waals surface area contributed by atoms with Gasteiger partial charge in [-0.25, -0.2) is 4.39 Å². The Kier molecular flexibility index (Phi) is 4.91. The van der Waals surface area contributed by atoms with Crippen LogP contribution >= 0.6 is 11.6 Å². The first-order valence-electron chi connectivity index (χ1n) is 4.76. The second-order valence-corrected chi connectivity index (χ2v) is 3.73. The molecule has 0 amide bonds. The summed E-state index contributed by atoms with van der Waals surface area (Å²) in [6.07, 6.45) is 0.899. The van der Waals surface area contributed by atoms with Crippen molar-refractivity contribution >= 4 is 11.6 Å². The first-order chi connectivity index (χ1) is 6.74. The third-order valence-corrected chi connectivity index (χ3v) is 2.36. The van der Waals surface area contributed by atoms with Crippen molar-refractivity contribution in [3.05, 3.63) is 35.6 Å². The van der Waals surface area contributed by atoms with Crippen molar-refractivity contribution in [2.24, 2.45) is 0 Å². The lowest BCUT2D eigenvalue weighted by Crippen LogP contribution is -2.26. The maximum absolute atomic E-state index is 13.2. The number of hydrogen-bond acceptors (Lipinski definition) is 1. The molecule has 14 heavy (non-hydrogen) atoms. The highest BCUT2D eigenvalue weighted by Crippen LogP contribution is 2.06. The van der Waals surface area contributed by atoms with Crippen LogP contribution in [-0.4, -0.2) is 11.9 Å². The Morgan fingerprint density at radius 1 is 1.43 bits per heavy atom. The normalized spacial score (nSPS) is 12.8. The maximum Gasteiger partial charge on any atom is 0.127 e.